The second-order valence-electron chi connectivity index (χ2n) is 26.9. The Morgan fingerprint density at radius 1 is 0.438 bits per heavy atom. The molecular formula is C68H113F15O22. The number of rotatable bonds is 27. The third-order valence-corrected chi connectivity index (χ3v) is 17.7. The first-order chi connectivity index (χ1) is 47.4. The monoisotopic (exact) mass is 1570 g/mol. The largest absolute Gasteiger partial charge is 0.481 e. The van der Waals surface area contributed by atoms with Crippen molar-refractivity contribution in [3.05, 3.63) is 0 Å². The van der Waals surface area contributed by atoms with Gasteiger partial charge in [-0.1, -0.05) is 89.5 Å². The van der Waals surface area contributed by atoms with Crippen molar-refractivity contribution >= 4 is 53.7 Å². The zero-order valence-corrected chi connectivity index (χ0v) is 63.3. The van der Waals surface area contributed by atoms with Crippen molar-refractivity contribution in [3.63, 3.8) is 0 Å². The highest BCUT2D eigenvalue weighted by Gasteiger charge is 2.75. The van der Waals surface area contributed by atoms with Crippen LogP contribution in [0.2, 0.25) is 0 Å². The average molecular weight is 1570 g/mol. The lowest BCUT2D eigenvalue weighted by Crippen LogP contribution is -2.64. The maximum absolute atomic E-state index is 13.3. The number of hydrogen-bond donors (Lipinski definition) is 6. The van der Waals surface area contributed by atoms with Crippen LogP contribution in [0.1, 0.15) is 221 Å². The van der Waals surface area contributed by atoms with Crippen LogP contribution in [-0.4, -0.2) is 184 Å². The van der Waals surface area contributed by atoms with Crippen molar-refractivity contribution < 1.29 is 173 Å². The summed E-state index contributed by atoms with van der Waals surface area (Å²) >= 11 is 0. The number of ether oxygens (including phenoxy) is 7. The van der Waals surface area contributed by atoms with Crippen molar-refractivity contribution in [1.29, 1.82) is 0 Å². The molecule has 6 N–H and O–H groups in total. The number of hydrogen-bond acceptors (Lipinski definition) is 20. The van der Waals surface area contributed by atoms with Crippen LogP contribution in [-0.2, 0) is 76.3 Å². The summed E-state index contributed by atoms with van der Waals surface area (Å²) in [7, 11) is 0. The zero-order chi connectivity index (χ0) is 84.1. The number of carboxylic acids is 2. The first-order valence-electron chi connectivity index (χ1n) is 34.2. The Morgan fingerprint density at radius 2 is 0.800 bits per heavy atom. The number of aliphatic carboxylic acids is 2. The topological polar surface area (TPSA) is 340 Å². The van der Waals surface area contributed by atoms with Crippen LogP contribution in [0.3, 0.4) is 0 Å². The Bertz CT molecular complexity index is 2560. The number of aliphatic hydroxyl groups excluding tert-OH is 1. The van der Waals surface area contributed by atoms with E-state index in [4.69, 9.17) is 29.5 Å². The van der Waals surface area contributed by atoms with E-state index in [1.54, 1.807) is 55.4 Å². The van der Waals surface area contributed by atoms with Gasteiger partial charge in [0.1, 0.15) is 18.8 Å². The van der Waals surface area contributed by atoms with Gasteiger partial charge in [-0.2, -0.15) is 65.9 Å². The van der Waals surface area contributed by atoms with Gasteiger partial charge >= 0.3 is 84.6 Å². The fourth-order valence-electron chi connectivity index (χ4n) is 8.17. The number of esters is 7. The number of halogens is 15. The van der Waals surface area contributed by atoms with E-state index in [2.05, 4.69) is 18.9 Å². The number of carbonyl (C=O) groups is 9. The summed E-state index contributed by atoms with van der Waals surface area (Å²) in [6.07, 6.45) is -27.3. The zero-order valence-electron chi connectivity index (χ0n) is 63.3. The van der Waals surface area contributed by atoms with Gasteiger partial charge in [-0.3, -0.25) is 33.6 Å². The Kier molecular flexibility index (Phi) is 49.6. The molecule has 105 heavy (non-hydrogen) atoms. The fourth-order valence-corrected chi connectivity index (χ4v) is 8.17. The van der Waals surface area contributed by atoms with Gasteiger partial charge in [0.2, 0.25) is 0 Å². The van der Waals surface area contributed by atoms with Crippen LogP contribution in [0, 0.1) is 58.2 Å². The molecular weight excluding hydrogens is 1450 g/mol. The first-order valence-corrected chi connectivity index (χ1v) is 34.2. The standard InChI is InChI=1S/C18H25F9O4.C15H25F3O3.C9H13F3O4.C7H12O4.C7H14O3.C7H14O2.C5H10O2/c1-5-13(2,3)12(28)31-11-7-9(14(4,29)16(19,20)21)6-10(8-11)15(30,17(22,23)24)18(25,26)27;1-5-13(2,3)12(19)21-11-9-7-6-8-10(11)14(4,20)15(16,17)18;1-3-6(2)8(14)15-4-7(13)16-5-9(10,11)12;1-3-5(2)7(10)11-4-6(8)9;1-3-6(2)7(9)10-5-4-8;1-4-6(3)7(8)9-5-2;1-3-4(2)5(6)7/h9-11,29-30H,5-8H2,1-4H3;10-11,20H,5-9H2,1-4H3;6H,3-5H2,1-2H3;5H,3-4H2,1-2H3,(H,8,9);6,8H,3-5H2,1-2H3;6H,4-5H2,1-3H3;4H,3H2,1-2H3,(H,6,7). The fraction of sp³-hybridized carbons (Fsp3) is 0.868. The van der Waals surface area contributed by atoms with Crippen LogP contribution < -0.4 is 0 Å². The quantitative estimate of drug-likeness (QED) is 0.0253. The third-order valence-electron chi connectivity index (χ3n) is 17.7. The molecule has 22 nitrogen and oxygen atoms in total. The van der Waals surface area contributed by atoms with E-state index < -0.39 is 175 Å². The summed E-state index contributed by atoms with van der Waals surface area (Å²) in [5.74, 6) is -12.9. The van der Waals surface area contributed by atoms with Gasteiger partial charge in [0, 0.05) is 17.8 Å². The van der Waals surface area contributed by atoms with E-state index in [9.17, 15) is 124 Å². The van der Waals surface area contributed by atoms with Crippen molar-refractivity contribution in [2.24, 2.45) is 58.2 Å². The van der Waals surface area contributed by atoms with Crippen LogP contribution >= 0.6 is 0 Å². The summed E-state index contributed by atoms with van der Waals surface area (Å²) in [6, 6.07) is 0. The molecule has 0 amide bonds. The van der Waals surface area contributed by atoms with E-state index in [1.165, 1.54) is 13.8 Å². The second-order valence-corrected chi connectivity index (χ2v) is 26.9. The van der Waals surface area contributed by atoms with Crippen molar-refractivity contribution in [1.82, 2.24) is 0 Å². The molecule has 0 bridgehead atoms. The molecule has 0 heterocycles. The molecule has 0 saturated heterocycles. The predicted octanol–water partition coefficient (Wildman–Crippen LogP) is 14.4. The van der Waals surface area contributed by atoms with Gasteiger partial charge in [-0.15, -0.1) is 0 Å². The lowest BCUT2D eigenvalue weighted by Gasteiger charge is -2.47. The van der Waals surface area contributed by atoms with E-state index in [0.29, 0.717) is 45.1 Å². The van der Waals surface area contributed by atoms with Crippen LogP contribution in [0.4, 0.5) is 65.9 Å². The number of aliphatic hydroxyl groups is 4. The second kappa shape index (κ2) is 48.4. The van der Waals surface area contributed by atoms with Gasteiger partial charge in [0.25, 0.3) is 5.60 Å². The number of carboxylic acid groups (broad SMARTS) is 2. The minimum Gasteiger partial charge on any atom is -0.481 e. The Morgan fingerprint density at radius 3 is 1.12 bits per heavy atom. The highest BCUT2D eigenvalue weighted by atomic mass is 19.4. The molecule has 2 aliphatic carbocycles. The first kappa shape index (κ1) is 108. The maximum atomic E-state index is 13.3. The Hall–Kier alpha value is -5.98. The highest BCUT2D eigenvalue weighted by Crippen LogP contribution is 2.55. The molecule has 0 aromatic rings. The third kappa shape index (κ3) is 40.2. The molecule has 2 saturated carbocycles. The minimum atomic E-state index is -6.28. The Balaban J connectivity index is -0.000000394. The molecule has 2 fully saturated rings. The molecule has 622 valence electrons. The van der Waals surface area contributed by atoms with Crippen molar-refractivity contribution in [3.8, 4) is 0 Å². The molecule has 0 spiro atoms. The number of alkyl halides is 15. The van der Waals surface area contributed by atoms with Gasteiger partial charge < -0.3 is 63.8 Å². The Labute approximate surface area is 604 Å². The van der Waals surface area contributed by atoms with Gasteiger partial charge in [-0.25, -0.2) is 9.59 Å². The summed E-state index contributed by atoms with van der Waals surface area (Å²) in [4.78, 5) is 98.3. The molecule has 0 aromatic carbocycles. The molecule has 2 aliphatic rings. The number of carbonyl (C=O) groups excluding carboxylic acids is 7. The average Bonchev–Trinajstić information content (AvgIpc) is 0.737. The normalized spacial score (nSPS) is 19.7. The van der Waals surface area contributed by atoms with Gasteiger partial charge in [-0.05, 0) is 132 Å². The predicted molar refractivity (Wildman–Crippen MR) is 347 cm³/mol. The van der Waals surface area contributed by atoms with Crippen molar-refractivity contribution in [2.45, 2.75) is 281 Å². The summed E-state index contributed by atoms with van der Waals surface area (Å²) in [6.45, 7) is 27.8. The highest BCUT2D eigenvalue weighted by molar-refractivity contribution is 5.78. The van der Waals surface area contributed by atoms with E-state index in [0.717, 1.165) is 26.2 Å². The lowest BCUT2D eigenvalue weighted by atomic mass is 9.66. The van der Waals surface area contributed by atoms with Gasteiger partial charge in [0.15, 0.2) is 31.0 Å². The van der Waals surface area contributed by atoms with Crippen LogP contribution in [0.25, 0.3) is 0 Å². The SMILES string of the molecule is CCC(C)(C)C(=O)OC1CC(C(C)(O)C(F)(F)F)CC(C(O)(C(F)(F)F)C(F)(F)F)C1.CCC(C)(C)C(=O)OC1CCCCC1C(C)(O)C(F)(F)F.CCC(C)C(=O)O.CCC(C)C(=O)OCC(=O)O.CCC(C)C(=O)OCC(=O)OCC(F)(F)F.CCC(C)C(=O)OCCO.CCOC(=O)C(C)CC. The molecule has 2 rings (SSSR count). The van der Waals surface area contributed by atoms with Crippen LogP contribution in [0.15, 0.2) is 0 Å². The molecule has 0 aliphatic heterocycles. The van der Waals surface area contributed by atoms with Gasteiger partial charge in [0.05, 0.1) is 53.6 Å². The maximum Gasteiger partial charge on any atom is 0.426 e. The van der Waals surface area contributed by atoms with E-state index in [-0.39, 0.29) is 68.6 Å². The lowest BCUT2D eigenvalue weighted by molar-refractivity contribution is -0.391. The molecule has 0 radical (unpaired) electrons. The summed E-state index contributed by atoms with van der Waals surface area (Å²) in [5.41, 5.74) is -13.8. The van der Waals surface area contributed by atoms with E-state index >= 15 is 0 Å². The summed E-state index contributed by atoms with van der Waals surface area (Å²) < 4.78 is 226. The summed E-state index contributed by atoms with van der Waals surface area (Å²) in [5, 5.41) is 54.1. The van der Waals surface area contributed by atoms with Crippen LogP contribution in [0.5, 0.6) is 0 Å². The molecule has 0 aromatic heterocycles. The minimum absolute atomic E-state index is 0.0495. The van der Waals surface area contributed by atoms with Crippen molar-refractivity contribution in [2.75, 3.05) is 39.6 Å². The molecule has 37 heteroatoms. The smallest absolute Gasteiger partial charge is 0.426 e. The molecule has 12 atom stereocenters. The van der Waals surface area contributed by atoms with E-state index in [1.807, 2.05) is 48.5 Å². The molecule has 12 unspecified atom stereocenters.